The second kappa shape index (κ2) is 5.31. The van der Waals surface area contributed by atoms with E-state index in [0.29, 0.717) is 0 Å². The van der Waals surface area contributed by atoms with Crippen molar-refractivity contribution in [3.05, 3.63) is 17.0 Å². The van der Waals surface area contributed by atoms with Crippen molar-refractivity contribution in [2.75, 3.05) is 13.7 Å². The molecule has 0 bridgehead atoms. The summed E-state index contributed by atoms with van der Waals surface area (Å²) in [6.45, 7) is -1.38. The van der Waals surface area contributed by atoms with Crippen LogP contribution in [0.2, 0.25) is 5.15 Å². The minimum Gasteiger partial charge on any atom is -0.468 e. The Hall–Kier alpha value is -1.08. The molecule has 0 fully saturated rings. The van der Waals surface area contributed by atoms with Crippen LogP contribution in [0.4, 0.5) is 13.2 Å². The van der Waals surface area contributed by atoms with Gasteiger partial charge in [0.2, 0.25) is 5.88 Å². The maximum Gasteiger partial charge on any atom is 0.422 e. The van der Waals surface area contributed by atoms with Crippen molar-refractivity contribution in [2.24, 2.45) is 0 Å². The lowest BCUT2D eigenvalue weighted by Crippen LogP contribution is -2.20. The van der Waals surface area contributed by atoms with E-state index in [2.05, 4.69) is 14.7 Å². The molecule has 1 aromatic rings. The van der Waals surface area contributed by atoms with E-state index in [1.54, 1.807) is 0 Å². The quantitative estimate of drug-likeness (QED) is 0.775. The number of methoxy groups -OCH3 is 1. The molecule has 0 radical (unpaired) electrons. The molecule has 16 heavy (non-hydrogen) atoms. The highest BCUT2D eigenvalue weighted by Crippen LogP contribution is 2.19. The number of ether oxygens (including phenoxy) is 2. The van der Waals surface area contributed by atoms with Gasteiger partial charge in [-0.2, -0.15) is 18.2 Å². The highest BCUT2D eigenvalue weighted by atomic mass is 35.5. The van der Waals surface area contributed by atoms with E-state index < -0.39 is 12.8 Å². The largest absolute Gasteiger partial charge is 0.468 e. The first-order chi connectivity index (χ1) is 7.40. The summed E-state index contributed by atoms with van der Waals surface area (Å²) in [5, 5.41) is -0.000718. The van der Waals surface area contributed by atoms with Crippen molar-refractivity contribution in [3.63, 3.8) is 0 Å². The van der Waals surface area contributed by atoms with Gasteiger partial charge < -0.3 is 9.47 Å². The van der Waals surface area contributed by atoms with Gasteiger partial charge in [0, 0.05) is 13.2 Å². The second-order valence-electron chi connectivity index (χ2n) is 2.78. The Labute approximate surface area is 94.4 Å². The van der Waals surface area contributed by atoms with Gasteiger partial charge in [-0.25, -0.2) is 4.98 Å². The van der Waals surface area contributed by atoms with Crippen LogP contribution in [0.25, 0.3) is 0 Å². The molecule has 8 heteroatoms. The van der Waals surface area contributed by atoms with Gasteiger partial charge in [-0.3, -0.25) is 0 Å². The standard InChI is InChI=1S/C8H8ClF3N2O2/c1-15-3-6-13-5(9)2-7(14-6)16-4-8(10,11)12/h2H,3-4H2,1H3. The molecule has 0 amide bonds. The predicted octanol–water partition coefficient (Wildman–Crippen LogP) is 2.22. The Morgan fingerprint density at radius 2 is 2.06 bits per heavy atom. The third kappa shape index (κ3) is 4.63. The summed E-state index contributed by atoms with van der Waals surface area (Å²) in [5.41, 5.74) is 0. The molecule has 4 nitrogen and oxygen atoms in total. The van der Waals surface area contributed by atoms with Gasteiger partial charge in [-0.15, -0.1) is 0 Å². The zero-order valence-corrected chi connectivity index (χ0v) is 8.97. The number of hydrogen-bond acceptors (Lipinski definition) is 4. The number of nitrogens with zero attached hydrogens (tertiary/aromatic N) is 2. The van der Waals surface area contributed by atoms with Gasteiger partial charge in [0.25, 0.3) is 0 Å². The van der Waals surface area contributed by atoms with Gasteiger partial charge in [-0.1, -0.05) is 11.6 Å². The topological polar surface area (TPSA) is 44.2 Å². The van der Waals surface area contributed by atoms with Gasteiger partial charge in [-0.05, 0) is 0 Å². The molecule has 0 aliphatic heterocycles. The van der Waals surface area contributed by atoms with Gasteiger partial charge in [0.05, 0.1) is 0 Å². The summed E-state index contributed by atoms with van der Waals surface area (Å²) >= 11 is 5.57. The summed E-state index contributed by atoms with van der Waals surface area (Å²) < 4.78 is 44.7. The van der Waals surface area contributed by atoms with Crippen molar-refractivity contribution in [2.45, 2.75) is 12.8 Å². The molecule has 90 valence electrons. The molecular formula is C8H8ClF3N2O2. The van der Waals surface area contributed by atoms with Crippen molar-refractivity contribution in [3.8, 4) is 5.88 Å². The zero-order valence-electron chi connectivity index (χ0n) is 8.21. The van der Waals surface area contributed by atoms with Crippen molar-refractivity contribution in [1.29, 1.82) is 0 Å². The lowest BCUT2D eigenvalue weighted by Gasteiger charge is -2.09. The molecule has 0 aliphatic rings. The van der Waals surface area contributed by atoms with Crippen molar-refractivity contribution < 1.29 is 22.6 Å². The Morgan fingerprint density at radius 3 is 2.62 bits per heavy atom. The molecule has 0 saturated carbocycles. The number of alkyl halides is 3. The normalized spacial score (nSPS) is 11.6. The maximum absolute atomic E-state index is 11.9. The van der Waals surface area contributed by atoms with Crippen LogP contribution in [0, 0.1) is 0 Å². The van der Waals surface area contributed by atoms with Crippen LogP contribution in [0.3, 0.4) is 0 Å². The summed E-state index contributed by atoms with van der Waals surface area (Å²) in [6.07, 6.45) is -4.42. The predicted molar refractivity (Wildman–Crippen MR) is 49.3 cm³/mol. The highest BCUT2D eigenvalue weighted by molar-refractivity contribution is 6.29. The fourth-order valence-corrected chi connectivity index (χ4v) is 1.06. The first kappa shape index (κ1) is 13.0. The number of hydrogen-bond donors (Lipinski definition) is 0. The van der Waals surface area contributed by atoms with Crippen LogP contribution in [0.15, 0.2) is 6.07 Å². The van der Waals surface area contributed by atoms with Gasteiger partial charge in [0.1, 0.15) is 11.8 Å². The van der Waals surface area contributed by atoms with E-state index in [-0.39, 0.29) is 23.5 Å². The average Bonchev–Trinajstić information content (AvgIpc) is 2.13. The molecular weight excluding hydrogens is 249 g/mol. The van der Waals surface area contributed by atoms with E-state index in [9.17, 15) is 13.2 Å². The Kier molecular flexibility index (Phi) is 4.31. The fraction of sp³-hybridized carbons (Fsp3) is 0.500. The summed E-state index contributed by atoms with van der Waals surface area (Å²) in [5.74, 6) is -0.0726. The highest BCUT2D eigenvalue weighted by Gasteiger charge is 2.28. The minimum absolute atomic E-state index is 0.000718. The minimum atomic E-state index is -4.42. The summed E-state index contributed by atoms with van der Waals surface area (Å²) in [4.78, 5) is 7.42. The van der Waals surface area contributed by atoms with Crippen LogP contribution in [-0.2, 0) is 11.3 Å². The molecule has 1 heterocycles. The fourth-order valence-electron chi connectivity index (χ4n) is 0.865. The van der Waals surface area contributed by atoms with Crippen LogP contribution in [0.5, 0.6) is 5.88 Å². The lowest BCUT2D eigenvalue weighted by molar-refractivity contribution is -0.154. The summed E-state index contributed by atoms with van der Waals surface area (Å²) in [7, 11) is 1.40. The van der Waals surface area contributed by atoms with Crippen molar-refractivity contribution >= 4 is 11.6 Å². The molecule has 0 spiro atoms. The third-order valence-electron chi connectivity index (χ3n) is 1.37. The first-order valence-corrected chi connectivity index (χ1v) is 4.50. The number of aromatic nitrogens is 2. The zero-order chi connectivity index (χ0) is 12.2. The maximum atomic E-state index is 11.9. The molecule has 1 rings (SSSR count). The second-order valence-corrected chi connectivity index (χ2v) is 3.17. The molecule has 1 aromatic heterocycles. The van der Waals surface area contributed by atoms with Crippen LogP contribution in [0.1, 0.15) is 5.82 Å². The first-order valence-electron chi connectivity index (χ1n) is 4.12. The SMILES string of the molecule is COCc1nc(Cl)cc(OCC(F)(F)F)n1. The Bertz CT molecular complexity index is 360. The van der Waals surface area contributed by atoms with E-state index in [0.717, 1.165) is 6.07 Å². The van der Waals surface area contributed by atoms with Crippen LogP contribution < -0.4 is 4.74 Å². The monoisotopic (exact) mass is 256 g/mol. The number of rotatable bonds is 4. The lowest BCUT2D eigenvalue weighted by atomic mass is 10.5. The van der Waals surface area contributed by atoms with Gasteiger partial charge >= 0.3 is 6.18 Å². The number of halogens is 4. The van der Waals surface area contributed by atoms with E-state index in [1.807, 2.05) is 0 Å². The molecule has 0 aromatic carbocycles. The molecule has 0 saturated heterocycles. The Morgan fingerprint density at radius 1 is 1.38 bits per heavy atom. The molecule has 0 atom stereocenters. The smallest absolute Gasteiger partial charge is 0.422 e. The van der Waals surface area contributed by atoms with E-state index in [1.165, 1.54) is 7.11 Å². The third-order valence-corrected chi connectivity index (χ3v) is 1.57. The summed E-state index contributed by atoms with van der Waals surface area (Å²) in [6, 6.07) is 1.10. The van der Waals surface area contributed by atoms with Crippen LogP contribution >= 0.6 is 11.6 Å². The van der Waals surface area contributed by atoms with Crippen LogP contribution in [-0.4, -0.2) is 29.9 Å². The molecule has 0 unspecified atom stereocenters. The Balaban J connectivity index is 2.72. The average molecular weight is 257 g/mol. The van der Waals surface area contributed by atoms with E-state index in [4.69, 9.17) is 16.3 Å². The van der Waals surface area contributed by atoms with Crippen molar-refractivity contribution in [1.82, 2.24) is 9.97 Å². The molecule has 0 aliphatic carbocycles. The van der Waals surface area contributed by atoms with Gasteiger partial charge in [0.15, 0.2) is 12.4 Å². The van der Waals surface area contributed by atoms with E-state index >= 15 is 0 Å². The molecule has 0 N–H and O–H groups in total.